The molecule has 0 aromatic rings. The summed E-state index contributed by atoms with van der Waals surface area (Å²) >= 11 is 5.62. The summed E-state index contributed by atoms with van der Waals surface area (Å²) in [6.07, 6.45) is 12.5. The number of ether oxygens (including phenoxy) is 1. The second-order valence-electron chi connectivity index (χ2n) is 15.7. The second-order valence-corrected chi connectivity index (χ2v) is 17.7. The Balaban J connectivity index is -0.000000204. The number of nitrogens with zero attached hydrogens (tertiary/aromatic N) is 4. The van der Waals surface area contributed by atoms with Crippen molar-refractivity contribution in [2.75, 3.05) is 77.1 Å². The molecule has 1 unspecified atom stereocenters. The molecule has 4 aliphatic heterocycles. The highest BCUT2D eigenvalue weighted by Gasteiger charge is 2.38. The largest absolute Gasteiger partial charge is 0.481 e. The summed E-state index contributed by atoms with van der Waals surface area (Å²) in [4.78, 5) is 170. The Kier molecular flexibility index (Phi) is 57.4. The normalized spacial score (nSPS) is 13.7. The summed E-state index contributed by atoms with van der Waals surface area (Å²) < 4.78 is 5.30. The summed E-state index contributed by atoms with van der Waals surface area (Å²) in [7, 11) is 0. The van der Waals surface area contributed by atoms with Gasteiger partial charge in [-0.15, -0.1) is 11.8 Å². The quantitative estimate of drug-likeness (QED) is 0.0433. The van der Waals surface area contributed by atoms with E-state index in [9.17, 15) is 52.7 Å². The van der Waals surface area contributed by atoms with Crippen LogP contribution in [0, 0.1) is 0 Å². The van der Waals surface area contributed by atoms with E-state index in [1.54, 1.807) is 0 Å². The lowest BCUT2D eigenvalue weighted by atomic mass is 10.3. The summed E-state index contributed by atoms with van der Waals surface area (Å²) in [6, 6.07) is 0. The van der Waals surface area contributed by atoms with Crippen molar-refractivity contribution >= 4 is 119 Å². The molecule has 0 radical (unpaired) electrons. The van der Waals surface area contributed by atoms with Crippen molar-refractivity contribution in [2.45, 2.75) is 107 Å². The van der Waals surface area contributed by atoms with Crippen LogP contribution < -0.4 is 21.7 Å². The van der Waals surface area contributed by atoms with E-state index in [1.807, 2.05) is 6.92 Å². The van der Waals surface area contributed by atoms with E-state index in [2.05, 4.69) is 35.5 Å². The van der Waals surface area contributed by atoms with E-state index >= 15 is 0 Å². The topological polar surface area (TPSA) is 459 Å². The number of unbranched alkanes of at least 4 members (excludes halogenated alkanes) is 2. The Morgan fingerprint density at radius 3 is 1.06 bits per heavy atom. The molecule has 30 nitrogen and oxygen atoms in total. The number of carboxylic acids is 5. The van der Waals surface area contributed by atoms with Gasteiger partial charge in [-0.2, -0.15) is 12.6 Å². The third-order valence-corrected chi connectivity index (χ3v) is 9.47. The van der Waals surface area contributed by atoms with Crippen LogP contribution in [0.1, 0.15) is 101 Å². The predicted molar refractivity (Wildman–Crippen MR) is 301 cm³/mol. The van der Waals surface area contributed by atoms with Crippen LogP contribution in [0.15, 0.2) is 36.5 Å². The van der Waals surface area contributed by atoms with Crippen LogP contribution in [0.3, 0.4) is 0 Å². The average Bonchev–Trinajstić information content (AvgIpc) is 4.04. The number of aliphatic carboxylic acids is 5. The number of likely N-dealkylation sites (tertiary alicyclic amines) is 1. The number of imide groups is 4. The van der Waals surface area contributed by atoms with Crippen LogP contribution >= 0.6 is 24.4 Å². The summed E-state index contributed by atoms with van der Waals surface area (Å²) in [5.41, 5.74) is 5.16. The summed E-state index contributed by atoms with van der Waals surface area (Å²) in [5.74, 6) is -4.93. The van der Waals surface area contributed by atoms with Crippen LogP contribution in [0.4, 0.5) is 0 Å². The average molecular weight is 1210 g/mol. The number of carbonyl (C=O) groups excluding carboxylic acids is 11. The molecule has 4 aliphatic rings. The van der Waals surface area contributed by atoms with Gasteiger partial charge < -0.3 is 52.0 Å². The maximum atomic E-state index is 11.8. The Labute approximate surface area is 486 Å². The number of amides is 11. The monoisotopic (exact) mass is 1210 g/mol. The van der Waals surface area contributed by atoms with Gasteiger partial charge in [-0.05, 0) is 30.8 Å². The SMILES string of the molecule is CC(=O)NCCN1C(=O)C=CC1=O.CC(=O)NCCN1C(=O)C=CC1=O.CC(=O)O.CC(=O)O.CC(=O)O.CC(=O)O.CC(=O)O.CCCOCCCCCS.CCSC1CC(=O)N(CCNC(C)=O)C1=O.NCCN1C(=O)C=CC1=O. The third-order valence-electron chi connectivity index (χ3n) is 8.05. The Bertz CT molecular complexity index is 1960. The highest BCUT2D eigenvalue weighted by Crippen LogP contribution is 2.24. The molecular formula is C50H82N8O22S2. The fourth-order valence-electron chi connectivity index (χ4n) is 5.07. The van der Waals surface area contributed by atoms with Crippen LogP contribution in [-0.4, -0.2) is 222 Å². The zero-order valence-electron chi connectivity index (χ0n) is 48.0. The van der Waals surface area contributed by atoms with Gasteiger partial charge in [0.1, 0.15) is 0 Å². The molecular weight excluding hydrogens is 1130 g/mol. The van der Waals surface area contributed by atoms with E-state index in [-0.39, 0.29) is 96.3 Å². The zero-order chi connectivity index (χ0) is 64.9. The van der Waals surface area contributed by atoms with Gasteiger partial charge in [-0.25, -0.2) is 0 Å². The summed E-state index contributed by atoms with van der Waals surface area (Å²) in [6.45, 7) is 17.8. The second kappa shape index (κ2) is 55.1. The van der Waals surface area contributed by atoms with Crippen molar-refractivity contribution in [3.8, 4) is 0 Å². The van der Waals surface area contributed by atoms with Crippen molar-refractivity contribution < 1.29 is 107 Å². The fraction of sp³-hybridized carbons (Fsp3) is 0.560. The number of carboxylic acid groups (broad SMARTS) is 5. The smallest absolute Gasteiger partial charge is 0.300 e. The minimum atomic E-state index is -0.833. The molecule has 4 rings (SSSR count). The molecule has 0 aromatic carbocycles. The molecule has 0 aromatic heterocycles. The van der Waals surface area contributed by atoms with E-state index < -0.39 is 29.8 Å². The third kappa shape index (κ3) is 59.8. The Morgan fingerprint density at radius 2 is 0.805 bits per heavy atom. The first-order chi connectivity index (χ1) is 38.1. The number of nitrogens with two attached hydrogens (primary N) is 1. The Morgan fingerprint density at radius 1 is 0.512 bits per heavy atom. The van der Waals surface area contributed by atoms with E-state index in [4.69, 9.17) is 60.0 Å². The van der Waals surface area contributed by atoms with Gasteiger partial charge >= 0.3 is 0 Å². The molecule has 1 atom stereocenters. The van der Waals surface area contributed by atoms with Gasteiger partial charge in [0.15, 0.2) is 0 Å². The van der Waals surface area contributed by atoms with Crippen LogP contribution in [0.2, 0.25) is 0 Å². The van der Waals surface area contributed by atoms with Crippen molar-refractivity contribution in [3.05, 3.63) is 36.5 Å². The van der Waals surface area contributed by atoms with Gasteiger partial charge in [0.2, 0.25) is 29.5 Å². The van der Waals surface area contributed by atoms with E-state index in [1.165, 1.54) is 93.2 Å². The number of hydrogen-bond acceptors (Lipinski definition) is 20. The molecule has 1 fully saturated rings. The minimum Gasteiger partial charge on any atom is -0.481 e. The van der Waals surface area contributed by atoms with Crippen LogP contribution in [-0.2, 0) is 81.4 Å². The molecule has 1 saturated heterocycles. The summed E-state index contributed by atoms with van der Waals surface area (Å²) in [5, 5.41) is 44.4. The first kappa shape index (κ1) is 85.4. The molecule has 0 saturated carbocycles. The molecule has 0 spiro atoms. The highest BCUT2D eigenvalue weighted by molar-refractivity contribution is 8.00. The van der Waals surface area contributed by atoms with Gasteiger partial charge in [-0.3, -0.25) is 96.3 Å². The number of rotatable bonds is 20. The van der Waals surface area contributed by atoms with Crippen molar-refractivity contribution in [2.24, 2.45) is 5.73 Å². The predicted octanol–water partition coefficient (Wildman–Crippen LogP) is -0.0642. The first-order valence-electron chi connectivity index (χ1n) is 24.8. The number of nitrogens with one attached hydrogen (secondary N) is 3. The number of thiol groups is 1. The first-order valence-corrected chi connectivity index (χ1v) is 26.5. The van der Waals surface area contributed by atoms with E-state index in [0.29, 0.717) is 32.7 Å². The van der Waals surface area contributed by atoms with Gasteiger partial charge in [-0.1, -0.05) is 20.3 Å². The lowest BCUT2D eigenvalue weighted by Gasteiger charge is -2.14. The molecule has 32 heteroatoms. The highest BCUT2D eigenvalue weighted by atomic mass is 32.2. The lowest BCUT2D eigenvalue weighted by molar-refractivity contribution is -0.139. The van der Waals surface area contributed by atoms with Gasteiger partial charge in [0.25, 0.3) is 65.3 Å². The number of hydrogen-bond donors (Lipinski definition) is 10. The van der Waals surface area contributed by atoms with Crippen LogP contribution in [0.5, 0.6) is 0 Å². The number of thioether (sulfide) groups is 1. The molecule has 11 amide bonds. The van der Waals surface area contributed by atoms with E-state index in [0.717, 1.165) is 80.5 Å². The van der Waals surface area contributed by atoms with Crippen molar-refractivity contribution in [1.82, 2.24) is 35.6 Å². The fourth-order valence-corrected chi connectivity index (χ4v) is 6.23. The standard InChI is InChI=1S/C10H16N2O3S.2C8H10N2O3.C8H18OS.C6H8N2O2.5C2H4O2/c1-3-16-8-6-9(14)12(10(8)15)5-4-11-7(2)13;2*1-6(11)9-4-5-10-7(12)2-3-8(10)13;1-2-6-9-7-4-3-5-8-10;7-3-4-8-5(9)1-2-6(8)10;5*1-2(3)4/h8H,3-6H2,1-2H3,(H,11,13);2*2-3H,4-5H2,1H3,(H,9,11);10H,2-8H2,1H3;1-2H,3-4,7H2;5*1H3,(H,3,4). The number of carbonyl (C=O) groups is 16. The minimum absolute atomic E-state index is 0.123. The molecule has 0 bridgehead atoms. The molecule has 82 heavy (non-hydrogen) atoms. The maximum Gasteiger partial charge on any atom is 0.300 e. The maximum absolute atomic E-state index is 11.8. The molecule has 466 valence electrons. The molecule has 0 aliphatic carbocycles. The molecule has 4 heterocycles. The Hall–Kier alpha value is -7.84. The van der Waals surface area contributed by atoms with Gasteiger partial charge in [0, 0.05) is 164 Å². The molecule has 10 N–H and O–H groups in total. The van der Waals surface area contributed by atoms with Crippen molar-refractivity contribution in [1.29, 1.82) is 0 Å². The lowest BCUT2D eigenvalue weighted by Crippen LogP contribution is -2.38. The van der Waals surface area contributed by atoms with Gasteiger partial charge in [0.05, 0.1) is 5.25 Å². The zero-order valence-corrected chi connectivity index (χ0v) is 49.7. The van der Waals surface area contributed by atoms with Crippen molar-refractivity contribution in [3.63, 3.8) is 0 Å². The van der Waals surface area contributed by atoms with Crippen LogP contribution in [0.25, 0.3) is 0 Å².